The second-order valence-electron chi connectivity index (χ2n) is 4.86. The van der Waals surface area contributed by atoms with E-state index in [1.807, 2.05) is 23.7 Å². The van der Waals surface area contributed by atoms with Crippen LogP contribution in [0.5, 0.6) is 0 Å². The Balaban J connectivity index is 2.07. The Labute approximate surface area is 116 Å². The third-order valence-corrected chi connectivity index (χ3v) is 3.49. The molecule has 3 nitrogen and oxygen atoms in total. The molecule has 0 unspecified atom stereocenters. The fourth-order valence-electron chi connectivity index (χ4n) is 2.42. The summed E-state index contributed by atoms with van der Waals surface area (Å²) < 4.78 is 15.2. The van der Waals surface area contributed by atoms with Crippen LogP contribution in [0.2, 0.25) is 0 Å². The monoisotopic (exact) mass is 269 g/mol. The molecule has 0 aliphatic rings. The molecule has 0 aliphatic heterocycles. The van der Waals surface area contributed by atoms with Gasteiger partial charge in [-0.15, -0.1) is 0 Å². The SMILES string of the molecule is Cn1c(-c2ccc(CCN)cc2)nc2cc(F)ccc21. The molecule has 102 valence electrons. The van der Waals surface area contributed by atoms with Gasteiger partial charge in [0.1, 0.15) is 11.6 Å². The number of hydrogen-bond donors (Lipinski definition) is 1. The molecule has 1 aromatic heterocycles. The highest BCUT2D eigenvalue weighted by Crippen LogP contribution is 2.24. The zero-order valence-corrected chi connectivity index (χ0v) is 11.3. The van der Waals surface area contributed by atoms with E-state index in [9.17, 15) is 4.39 Å². The number of aromatic nitrogens is 2. The van der Waals surface area contributed by atoms with Crippen molar-refractivity contribution in [2.75, 3.05) is 6.54 Å². The van der Waals surface area contributed by atoms with Crippen molar-refractivity contribution < 1.29 is 4.39 Å². The first kappa shape index (κ1) is 12.8. The molecule has 3 rings (SSSR count). The molecule has 0 saturated carbocycles. The maximum Gasteiger partial charge on any atom is 0.140 e. The fraction of sp³-hybridized carbons (Fsp3) is 0.188. The van der Waals surface area contributed by atoms with Gasteiger partial charge in [0.05, 0.1) is 11.0 Å². The quantitative estimate of drug-likeness (QED) is 0.794. The van der Waals surface area contributed by atoms with Crippen LogP contribution in [0.15, 0.2) is 42.5 Å². The molecule has 2 aromatic carbocycles. The van der Waals surface area contributed by atoms with Gasteiger partial charge in [-0.3, -0.25) is 0 Å². The molecular formula is C16H16FN3. The highest BCUT2D eigenvalue weighted by molar-refractivity contribution is 5.80. The lowest BCUT2D eigenvalue weighted by atomic mass is 10.1. The number of nitrogens with zero attached hydrogens (tertiary/aromatic N) is 2. The van der Waals surface area contributed by atoms with E-state index in [1.165, 1.54) is 17.7 Å². The van der Waals surface area contributed by atoms with Gasteiger partial charge in [-0.1, -0.05) is 24.3 Å². The number of fused-ring (bicyclic) bond motifs is 1. The number of aryl methyl sites for hydroxylation is 1. The van der Waals surface area contributed by atoms with Crippen LogP contribution in [-0.2, 0) is 13.5 Å². The van der Waals surface area contributed by atoms with Gasteiger partial charge in [0, 0.05) is 18.7 Å². The summed E-state index contributed by atoms with van der Waals surface area (Å²) in [6, 6.07) is 12.8. The Hall–Kier alpha value is -2.20. The molecule has 0 aliphatic carbocycles. The lowest BCUT2D eigenvalue weighted by Crippen LogP contribution is -2.02. The molecule has 0 radical (unpaired) electrons. The van der Waals surface area contributed by atoms with Crippen LogP contribution in [0.25, 0.3) is 22.4 Å². The van der Waals surface area contributed by atoms with Crippen molar-refractivity contribution in [3.8, 4) is 11.4 Å². The van der Waals surface area contributed by atoms with Crippen LogP contribution in [0, 0.1) is 5.82 Å². The second-order valence-corrected chi connectivity index (χ2v) is 4.86. The molecule has 0 atom stereocenters. The Morgan fingerprint density at radius 3 is 2.60 bits per heavy atom. The normalized spacial score (nSPS) is 11.2. The molecular weight excluding hydrogens is 253 g/mol. The Bertz CT molecular complexity index is 744. The van der Waals surface area contributed by atoms with Gasteiger partial charge in [-0.25, -0.2) is 9.37 Å². The van der Waals surface area contributed by atoms with Crippen molar-refractivity contribution in [2.24, 2.45) is 12.8 Å². The topological polar surface area (TPSA) is 43.8 Å². The van der Waals surface area contributed by atoms with Crippen LogP contribution in [-0.4, -0.2) is 16.1 Å². The zero-order chi connectivity index (χ0) is 14.1. The van der Waals surface area contributed by atoms with E-state index in [0.717, 1.165) is 23.3 Å². The largest absolute Gasteiger partial charge is 0.330 e. The first-order valence-electron chi connectivity index (χ1n) is 6.60. The zero-order valence-electron chi connectivity index (χ0n) is 11.3. The molecule has 0 fully saturated rings. The molecule has 0 saturated heterocycles. The maximum absolute atomic E-state index is 13.3. The Morgan fingerprint density at radius 2 is 1.90 bits per heavy atom. The second kappa shape index (κ2) is 5.06. The van der Waals surface area contributed by atoms with E-state index < -0.39 is 0 Å². The minimum absolute atomic E-state index is 0.263. The van der Waals surface area contributed by atoms with Crippen molar-refractivity contribution in [1.29, 1.82) is 0 Å². The average molecular weight is 269 g/mol. The van der Waals surface area contributed by atoms with Gasteiger partial charge in [0.2, 0.25) is 0 Å². The fourth-order valence-corrected chi connectivity index (χ4v) is 2.42. The van der Waals surface area contributed by atoms with Gasteiger partial charge in [0.25, 0.3) is 0 Å². The third-order valence-electron chi connectivity index (χ3n) is 3.49. The van der Waals surface area contributed by atoms with Crippen molar-refractivity contribution in [1.82, 2.24) is 9.55 Å². The summed E-state index contributed by atoms with van der Waals surface area (Å²) >= 11 is 0. The number of halogens is 1. The van der Waals surface area contributed by atoms with Crippen LogP contribution in [0.4, 0.5) is 4.39 Å². The number of rotatable bonds is 3. The van der Waals surface area contributed by atoms with Crippen molar-refractivity contribution in [3.63, 3.8) is 0 Å². The van der Waals surface area contributed by atoms with Crippen molar-refractivity contribution in [3.05, 3.63) is 53.8 Å². The highest BCUT2D eigenvalue weighted by atomic mass is 19.1. The van der Waals surface area contributed by atoms with E-state index in [0.29, 0.717) is 12.1 Å². The van der Waals surface area contributed by atoms with Crippen molar-refractivity contribution in [2.45, 2.75) is 6.42 Å². The van der Waals surface area contributed by atoms with Gasteiger partial charge in [0.15, 0.2) is 0 Å². The summed E-state index contributed by atoms with van der Waals surface area (Å²) in [6.45, 7) is 0.644. The molecule has 0 bridgehead atoms. The van der Waals surface area contributed by atoms with Crippen LogP contribution < -0.4 is 5.73 Å². The number of hydrogen-bond acceptors (Lipinski definition) is 2. The van der Waals surface area contributed by atoms with Gasteiger partial charge in [-0.05, 0) is 30.7 Å². The third kappa shape index (κ3) is 2.18. The molecule has 2 N–H and O–H groups in total. The van der Waals surface area contributed by atoms with E-state index in [2.05, 4.69) is 17.1 Å². The summed E-state index contributed by atoms with van der Waals surface area (Å²) in [6.07, 6.45) is 0.869. The standard InChI is InChI=1S/C16H16FN3/c1-20-15-7-6-13(17)10-14(15)19-16(20)12-4-2-11(3-5-12)8-9-18/h2-7,10H,8-9,18H2,1H3. The van der Waals surface area contributed by atoms with E-state index in [-0.39, 0.29) is 5.82 Å². The van der Waals surface area contributed by atoms with Gasteiger partial charge < -0.3 is 10.3 Å². The lowest BCUT2D eigenvalue weighted by Gasteiger charge is -2.04. The van der Waals surface area contributed by atoms with E-state index in [1.54, 1.807) is 6.07 Å². The van der Waals surface area contributed by atoms with Crippen molar-refractivity contribution >= 4 is 11.0 Å². The molecule has 20 heavy (non-hydrogen) atoms. The van der Waals surface area contributed by atoms with Crippen LogP contribution in [0.3, 0.4) is 0 Å². The van der Waals surface area contributed by atoms with Crippen LogP contribution in [0.1, 0.15) is 5.56 Å². The molecule has 0 spiro atoms. The first-order valence-corrected chi connectivity index (χ1v) is 6.60. The van der Waals surface area contributed by atoms with E-state index in [4.69, 9.17) is 5.73 Å². The minimum Gasteiger partial charge on any atom is -0.330 e. The lowest BCUT2D eigenvalue weighted by molar-refractivity contribution is 0.629. The molecule has 1 heterocycles. The Morgan fingerprint density at radius 1 is 1.15 bits per heavy atom. The smallest absolute Gasteiger partial charge is 0.140 e. The summed E-state index contributed by atoms with van der Waals surface area (Å²) in [5.41, 5.74) is 9.37. The highest BCUT2D eigenvalue weighted by Gasteiger charge is 2.10. The Kier molecular flexibility index (Phi) is 3.24. The first-order chi connectivity index (χ1) is 9.69. The van der Waals surface area contributed by atoms with Gasteiger partial charge >= 0.3 is 0 Å². The van der Waals surface area contributed by atoms with E-state index >= 15 is 0 Å². The van der Waals surface area contributed by atoms with Crippen LogP contribution >= 0.6 is 0 Å². The summed E-state index contributed by atoms with van der Waals surface area (Å²) in [4.78, 5) is 4.52. The summed E-state index contributed by atoms with van der Waals surface area (Å²) in [5, 5.41) is 0. The molecule has 4 heteroatoms. The average Bonchev–Trinajstić information content (AvgIpc) is 2.77. The number of nitrogens with two attached hydrogens (primary N) is 1. The number of imidazole rings is 1. The molecule has 0 amide bonds. The predicted molar refractivity (Wildman–Crippen MR) is 78.9 cm³/mol. The minimum atomic E-state index is -0.263. The molecule has 3 aromatic rings. The summed E-state index contributed by atoms with van der Waals surface area (Å²) in [7, 11) is 1.94. The summed E-state index contributed by atoms with van der Waals surface area (Å²) in [5.74, 6) is 0.574. The predicted octanol–water partition coefficient (Wildman–Crippen LogP) is 2.88. The van der Waals surface area contributed by atoms with Gasteiger partial charge in [-0.2, -0.15) is 0 Å². The maximum atomic E-state index is 13.3. The number of benzene rings is 2.